The Balaban J connectivity index is 4.28. The summed E-state index contributed by atoms with van der Waals surface area (Å²) >= 11 is 0. The first kappa shape index (κ1) is 13.9. The molecule has 0 aliphatic carbocycles. The van der Waals surface area contributed by atoms with Crippen molar-refractivity contribution in [3.05, 3.63) is 0 Å². The molecule has 0 aromatic rings. The van der Waals surface area contributed by atoms with Crippen molar-refractivity contribution in [1.82, 2.24) is 4.90 Å². The van der Waals surface area contributed by atoms with Gasteiger partial charge in [0.25, 0.3) is 0 Å². The van der Waals surface area contributed by atoms with E-state index in [-0.39, 0.29) is 0 Å². The fraction of sp³-hybridized carbons (Fsp3) is 1.00. The van der Waals surface area contributed by atoms with Crippen molar-refractivity contribution in [2.45, 2.75) is 59.6 Å². The van der Waals surface area contributed by atoms with E-state index in [1.807, 2.05) is 6.92 Å². The molecule has 1 N–H and O–H groups in total. The molecule has 0 saturated carbocycles. The summed E-state index contributed by atoms with van der Waals surface area (Å²) in [6, 6.07) is 0.514. The molecule has 0 aromatic heterocycles. The van der Waals surface area contributed by atoms with Gasteiger partial charge in [-0.1, -0.05) is 20.8 Å². The Morgan fingerprint density at radius 3 is 2.00 bits per heavy atom. The van der Waals surface area contributed by atoms with Crippen molar-refractivity contribution in [2.75, 3.05) is 13.1 Å². The van der Waals surface area contributed by atoms with E-state index < -0.39 is 5.60 Å². The molecule has 0 aromatic carbocycles. The van der Waals surface area contributed by atoms with Gasteiger partial charge in [-0.15, -0.1) is 0 Å². The number of nitrogens with zero attached hydrogens (tertiary/aromatic N) is 1. The second-order valence-corrected chi connectivity index (χ2v) is 5.08. The van der Waals surface area contributed by atoms with Crippen LogP contribution in [0.5, 0.6) is 0 Å². The van der Waals surface area contributed by atoms with Crippen LogP contribution in [-0.2, 0) is 0 Å². The molecule has 2 nitrogen and oxygen atoms in total. The topological polar surface area (TPSA) is 23.5 Å². The van der Waals surface area contributed by atoms with Crippen LogP contribution in [0.25, 0.3) is 0 Å². The maximum absolute atomic E-state index is 10.2. The summed E-state index contributed by atoms with van der Waals surface area (Å²) in [7, 11) is 0. The van der Waals surface area contributed by atoms with Crippen LogP contribution in [0, 0.1) is 5.92 Å². The maximum atomic E-state index is 10.2. The lowest BCUT2D eigenvalue weighted by molar-refractivity contribution is -0.0259. The summed E-state index contributed by atoms with van der Waals surface area (Å²) in [5.41, 5.74) is -0.570. The van der Waals surface area contributed by atoms with Gasteiger partial charge in [0.05, 0.1) is 5.60 Å². The van der Waals surface area contributed by atoms with E-state index in [0.29, 0.717) is 12.0 Å². The zero-order valence-electron chi connectivity index (χ0n) is 10.7. The summed E-state index contributed by atoms with van der Waals surface area (Å²) in [5.74, 6) is 0.306. The zero-order valence-corrected chi connectivity index (χ0v) is 10.7. The van der Waals surface area contributed by atoms with Gasteiger partial charge in [0.15, 0.2) is 0 Å². The molecule has 0 rings (SSSR count). The molecule has 0 aliphatic rings. The van der Waals surface area contributed by atoms with Gasteiger partial charge in [-0.05, 0) is 39.7 Å². The number of hydrogen-bond acceptors (Lipinski definition) is 2. The molecule has 0 fully saturated rings. The lowest BCUT2D eigenvalue weighted by atomic mass is 9.91. The van der Waals surface area contributed by atoms with E-state index in [1.54, 1.807) is 0 Å². The Bertz CT molecular complexity index is 152. The van der Waals surface area contributed by atoms with Crippen LogP contribution in [0.1, 0.15) is 48.0 Å². The summed E-state index contributed by atoms with van der Waals surface area (Å²) < 4.78 is 0. The Hall–Kier alpha value is -0.0800. The third kappa shape index (κ3) is 4.43. The predicted octanol–water partition coefficient (Wildman–Crippen LogP) is 2.51. The van der Waals surface area contributed by atoms with Crippen molar-refractivity contribution >= 4 is 0 Å². The smallest absolute Gasteiger partial charge is 0.0768 e. The van der Waals surface area contributed by atoms with E-state index in [2.05, 4.69) is 39.5 Å². The summed E-state index contributed by atoms with van der Waals surface area (Å²) in [5, 5.41) is 10.2. The lowest BCUT2D eigenvalue weighted by Gasteiger charge is -2.36. The van der Waals surface area contributed by atoms with Crippen LogP contribution in [0.2, 0.25) is 0 Å². The average molecular weight is 201 g/mol. The molecule has 0 radical (unpaired) electrons. The van der Waals surface area contributed by atoms with Crippen molar-refractivity contribution in [3.8, 4) is 0 Å². The van der Waals surface area contributed by atoms with Gasteiger partial charge in [-0.3, -0.25) is 4.90 Å². The van der Waals surface area contributed by atoms with Crippen LogP contribution in [0.4, 0.5) is 0 Å². The highest BCUT2D eigenvalue weighted by atomic mass is 16.3. The Morgan fingerprint density at radius 1 is 1.21 bits per heavy atom. The molecular formula is C12H27NO. The highest BCUT2D eigenvalue weighted by molar-refractivity contribution is 4.81. The Labute approximate surface area is 89.3 Å². The minimum absolute atomic E-state index is 0.306. The minimum atomic E-state index is -0.570. The summed E-state index contributed by atoms with van der Waals surface area (Å²) in [6.07, 6.45) is 1.15. The molecule has 0 bridgehead atoms. The summed E-state index contributed by atoms with van der Waals surface area (Å²) in [6.45, 7) is 14.5. The molecule has 14 heavy (non-hydrogen) atoms. The third-order valence-electron chi connectivity index (χ3n) is 3.01. The van der Waals surface area contributed by atoms with Gasteiger partial charge in [-0.25, -0.2) is 0 Å². The first-order valence-electron chi connectivity index (χ1n) is 5.77. The van der Waals surface area contributed by atoms with Crippen molar-refractivity contribution in [1.29, 1.82) is 0 Å². The van der Waals surface area contributed by atoms with E-state index in [1.165, 1.54) is 0 Å². The monoisotopic (exact) mass is 201 g/mol. The SMILES string of the molecule is CCCN(CC(C)(O)C(C)C)C(C)C. The summed E-state index contributed by atoms with van der Waals surface area (Å²) in [4.78, 5) is 2.35. The molecule has 0 amide bonds. The standard InChI is InChI=1S/C12H27NO/c1-7-8-13(11(4)5)9-12(6,14)10(2)3/h10-11,14H,7-9H2,1-6H3. The van der Waals surface area contributed by atoms with Crippen LogP contribution >= 0.6 is 0 Å². The van der Waals surface area contributed by atoms with Gasteiger partial charge in [-0.2, -0.15) is 0 Å². The highest BCUT2D eigenvalue weighted by Gasteiger charge is 2.28. The van der Waals surface area contributed by atoms with Crippen molar-refractivity contribution in [3.63, 3.8) is 0 Å². The van der Waals surface area contributed by atoms with Gasteiger partial charge in [0.1, 0.15) is 0 Å². The Kier molecular flexibility index (Phi) is 5.68. The predicted molar refractivity (Wildman–Crippen MR) is 62.5 cm³/mol. The third-order valence-corrected chi connectivity index (χ3v) is 3.01. The van der Waals surface area contributed by atoms with Crippen molar-refractivity contribution in [2.24, 2.45) is 5.92 Å². The van der Waals surface area contributed by atoms with E-state index in [0.717, 1.165) is 19.5 Å². The molecular weight excluding hydrogens is 174 g/mol. The number of hydrogen-bond donors (Lipinski definition) is 1. The second-order valence-electron chi connectivity index (χ2n) is 5.08. The van der Waals surface area contributed by atoms with E-state index >= 15 is 0 Å². The van der Waals surface area contributed by atoms with Crippen LogP contribution in [0.15, 0.2) is 0 Å². The molecule has 0 saturated heterocycles. The van der Waals surface area contributed by atoms with Crippen LogP contribution < -0.4 is 0 Å². The maximum Gasteiger partial charge on any atom is 0.0768 e. The largest absolute Gasteiger partial charge is 0.389 e. The highest BCUT2D eigenvalue weighted by Crippen LogP contribution is 2.18. The average Bonchev–Trinajstić information content (AvgIpc) is 2.02. The first-order chi connectivity index (χ1) is 6.31. The van der Waals surface area contributed by atoms with Gasteiger partial charge in [0, 0.05) is 12.6 Å². The van der Waals surface area contributed by atoms with Crippen LogP contribution in [0.3, 0.4) is 0 Å². The molecule has 0 heterocycles. The lowest BCUT2D eigenvalue weighted by Crippen LogP contribution is -2.47. The molecule has 86 valence electrons. The van der Waals surface area contributed by atoms with Crippen molar-refractivity contribution < 1.29 is 5.11 Å². The van der Waals surface area contributed by atoms with E-state index in [9.17, 15) is 5.11 Å². The van der Waals surface area contributed by atoms with Crippen LogP contribution in [-0.4, -0.2) is 34.7 Å². The molecule has 1 unspecified atom stereocenters. The Morgan fingerprint density at radius 2 is 1.71 bits per heavy atom. The molecule has 2 heteroatoms. The minimum Gasteiger partial charge on any atom is -0.389 e. The molecule has 0 spiro atoms. The first-order valence-corrected chi connectivity index (χ1v) is 5.77. The van der Waals surface area contributed by atoms with Gasteiger partial charge >= 0.3 is 0 Å². The quantitative estimate of drug-likeness (QED) is 0.714. The second kappa shape index (κ2) is 5.72. The fourth-order valence-electron chi connectivity index (χ4n) is 1.40. The van der Waals surface area contributed by atoms with E-state index in [4.69, 9.17) is 0 Å². The van der Waals surface area contributed by atoms with Gasteiger partial charge < -0.3 is 5.11 Å². The van der Waals surface area contributed by atoms with Gasteiger partial charge in [0.2, 0.25) is 0 Å². The fourth-order valence-corrected chi connectivity index (χ4v) is 1.40. The molecule has 1 atom stereocenters. The zero-order chi connectivity index (χ0) is 11.4. The number of aliphatic hydroxyl groups is 1. The molecule has 0 aliphatic heterocycles. The number of rotatable bonds is 6. The normalized spacial score (nSPS) is 16.7.